The van der Waals surface area contributed by atoms with E-state index < -0.39 is 0 Å². The van der Waals surface area contributed by atoms with Gasteiger partial charge in [0.2, 0.25) is 0 Å². The van der Waals surface area contributed by atoms with Gasteiger partial charge in [0, 0.05) is 37.1 Å². The summed E-state index contributed by atoms with van der Waals surface area (Å²) in [6.45, 7) is 5.31. The molecule has 0 bridgehead atoms. The monoisotopic (exact) mass is 392 g/mol. The van der Waals surface area contributed by atoms with Crippen LogP contribution in [0.1, 0.15) is 18.1 Å². The Morgan fingerprint density at radius 1 is 1.03 bits per heavy atom. The number of benzene rings is 2. The average molecular weight is 392 g/mol. The van der Waals surface area contributed by atoms with E-state index in [1.165, 1.54) is 11.3 Å². The van der Waals surface area contributed by atoms with Gasteiger partial charge < -0.3 is 9.47 Å². The van der Waals surface area contributed by atoms with E-state index in [1.54, 1.807) is 6.33 Å². The number of rotatable bonds is 2. The Balaban J connectivity index is 1.45. The second kappa shape index (κ2) is 6.33. The molecule has 4 heterocycles. The van der Waals surface area contributed by atoms with Crippen LogP contribution in [0.2, 0.25) is 0 Å². The molecule has 4 aromatic rings. The molecule has 1 saturated heterocycles. The van der Waals surface area contributed by atoms with Crippen LogP contribution in [0.15, 0.2) is 61.1 Å². The molecule has 0 saturated carbocycles. The predicted octanol–water partition coefficient (Wildman–Crippen LogP) is 4.09. The van der Waals surface area contributed by atoms with Crippen LogP contribution in [0.5, 0.6) is 0 Å². The zero-order valence-electron chi connectivity index (χ0n) is 16.7. The molecule has 30 heavy (non-hydrogen) atoms. The van der Waals surface area contributed by atoms with Gasteiger partial charge in [0.15, 0.2) is 5.82 Å². The minimum absolute atomic E-state index is 0.668. The number of fused-ring (bicyclic) bond motifs is 5. The lowest BCUT2D eigenvalue weighted by Crippen LogP contribution is -2.45. The van der Waals surface area contributed by atoms with Crippen molar-refractivity contribution in [2.24, 2.45) is 5.92 Å². The first kappa shape index (κ1) is 17.0. The molecule has 0 unspecified atom stereocenters. The number of nitrogens with zero attached hydrogens (tertiary/aromatic N) is 6. The highest BCUT2D eigenvalue weighted by Crippen LogP contribution is 2.35. The summed E-state index contributed by atoms with van der Waals surface area (Å²) in [7, 11) is 0. The lowest BCUT2D eigenvalue weighted by atomic mass is 10.0. The highest BCUT2D eigenvalue weighted by molar-refractivity contribution is 5.72. The summed E-state index contributed by atoms with van der Waals surface area (Å²) in [4.78, 5) is 2.43. The lowest BCUT2D eigenvalue weighted by Gasteiger charge is -2.39. The van der Waals surface area contributed by atoms with Crippen molar-refractivity contribution < 1.29 is 0 Å². The molecule has 6 heteroatoms. The van der Waals surface area contributed by atoms with Crippen molar-refractivity contribution in [2.75, 3.05) is 18.0 Å². The summed E-state index contributed by atoms with van der Waals surface area (Å²) >= 11 is 0. The maximum Gasteiger partial charge on any atom is 0.185 e. The van der Waals surface area contributed by atoms with Crippen LogP contribution in [0, 0.1) is 17.2 Å². The molecule has 6 nitrogen and oxygen atoms in total. The maximum absolute atomic E-state index is 9.06. The summed E-state index contributed by atoms with van der Waals surface area (Å²) in [5, 5.41) is 17.7. The van der Waals surface area contributed by atoms with Gasteiger partial charge in [-0.25, -0.2) is 0 Å². The van der Waals surface area contributed by atoms with Gasteiger partial charge in [0.25, 0.3) is 0 Å². The average Bonchev–Trinajstić information content (AvgIpc) is 3.36. The molecule has 2 aliphatic rings. The van der Waals surface area contributed by atoms with E-state index >= 15 is 0 Å². The van der Waals surface area contributed by atoms with Gasteiger partial charge in [-0.3, -0.25) is 4.57 Å². The number of hydrogen-bond donors (Lipinski definition) is 0. The molecule has 0 atom stereocenters. The molecule has 0 amide bonds. The van der Waals surface area contributed by atoms with Crippen LogP contribution in [-0.4, -0.2) is 32.4 Å². The molecule has 6 rings (SSSR count). The standard InChI is InChI=1S/C24H20N6/c1-16-11-28(12-16)21-6-7-22-20(8-21)14-29-13-19(18-4-2-17(10-25)3-5-18)9-23(29)24-27-26-15-30(22)24/h2-9,13,15-16H,11-12,14H2,1H3. The van der Waals surface area contributed by atoms with Gasteiger partial charge in [0.05, 0.1) is 23.0 Å². The Bertz CT molecular complexity index is 1300. The summed E-state index contributed by atoms with van der Waals surface area (Å²) in [5.74, 6) is 1.61. The van der Waals surface area contributed by atoms with Crippen LogP contribution in [0.3, 0.4) is 0 Å². The molecule has 0 spiro atoms. The molecule has 0 radical (unpaired) electrons. The fraction of sp³-hybridized carbons (Fsp3) is 0.208. The van der Waals surface area contributed by atoms with Crippen LogP contribution in [0.4, 0.5) is 5.69 Å². The van der Waals surface area contributed by atoms with Crippen molar-refractivity contribution in [3.8, 4) is 34.4 Å². The topological polar surface area (TPSA) is 62.7 Å². The van der Waals surface area contributed by atoms with Gasteiger partial charge in [-0.2, -0.15) is 5.26 Å². The van der Waals surface area contributed by atoms with E-state index in [-0.39, 0.29) is 0 Å². The van der Waals surface area contributed by atoms with Crippen LogP contribution >= 0.6 is 0 Å². The van der Waals surface area contributed by atoms with E-state index in [0.717, 1.165) is 53.9 Å². The first-order chi connectivity index (χ1) is 14.7. The third-order valence-electron chi connectivity index (χ3n) is 6.11. The Labute approximate surface area is 174 Å². The summed E-state index contributed by atoms with van der Waals surface area (Å²) in [5.41, 5.74) is 7.58. The van der Waals surface area contributed by atoms with Crippen molar-refractivity contribution in [2.45, 2.75) is 13.5 Å². The molecule has 146 valence electrons. The van der Waals surface area contributed by atoms with Crippen LogP contribution in [0.25, 0.3) is 28.3 Å². The molecule has 0 aliphatic carbocycles. The van der Waals surface area contributed by atoms with Crippen molar-refractivity contribution >= 4 is 5.69 Å². The minimum Gasteiger partial charge on any atom is -0.371 e. The Morgan fingerprint density at radius 3 is 2.63 bits per heavy atom. The summed E-state index contributed by atoms with van der Waals surface area (Å²) in [6, 6.07) is 18.7. The normalized spacial score (nSPS) is 14.9. The van der Waals surface area contributed by atoms with Crippen molar-refractivity contribution in [1.29, 1.82) is 5.26 Å². The third-order valence-corrected chi connectivity index (χ3v) is 6.11. The smallest absolute Gasteiger partial charge is 0.185 e. The molecular formula is C24H20N6. The second-order valence-electron chi connectivity index (χ2n) is 8.28. The Morgan fingerprint density at radius 2 is 1.87 bits per heavy atom. The number of aromatic nitrogens is 4. The van der Waals surface area contributed by atoms with Crippen molar-refractivity contribution in [3.63, 3.8) is 0 Å². The van der Waals surface area contributed by atoms with E-state index in [9.17, 15) is 0 Å². The SMILES string of the molecule is CC1CN(c2ccc3c(c2)Cn2cc(-c4ccc(C#N)cc4)cc2-c2nncn2-3)C1. The van der Waals surface area contributed by atoms with Gasteiger partial charge in [-0.15, -0.1) is 10.2 Å². The van der Waals surface area contributed by atoms with Gasteiger partial charge in [-0.1, -0.05) is 19.1 Å². The quantitative estimate of drug-likeness (QED) is 0.454. The molecule has 0 N–H and O–H groups in total. The first-order valence-corrected chi connectivity index (χ1v) is 10.2. The molecule has 1 fully saturated rings. The maximum atomic E-state index is 9.06. The molecular weight excluding hydrogens is 372 g/mol. The number of anilines is 1. The second-order valence-corrected chi connectivity index (χ2v) is 8.28. The fourth-order valence-corrected chi connectivity index (χ4v) is 4.53. The molecule has 2 aliphatic heterocycles. The zero-order valence-corrected chi connectivity index (χ0v) is 16.7. The number of nitriles is 1. The molecule has 2 aromatic heterocycles. The van der Waals surface area contributed by atoms with Crippen LogP contribution in [-0.2, 0) is 6.54 Å². The van der Waals surface area contributed by atoms with E-state index in [0.29, 0.717) is 5.56 Å². The highest BCUT2D eigenvalue weighted by atomic mass is 15.3. The van der Waals surface area contributed by atoms with E-state index in [4.69, 9.17) is 5.26 Å². The first-order valence-electron chi connectivity index (χ1n) is 10.2. The Kier molecular flexibility index (Phi) is 3.59. The van der Waals surface area contributed by atoms with E-state index in [2.05, 4.69) is 67.7 Å². The van der Waals surface area contributed by atoms with E-state index in [1.807, 2.05) is 24.3 Å². The third kappa shape index (κ3) is 2.56. The van der Waals surface area contributed by atoms with Gasteiger partial charge in [-0.05, 0) is 53.4 Å². The number of hydrogen-bond acceptors (Lipinski definition) is 4. The summed E-state index contributed by atoms with van der Waals surface area (Å²) in [6.07, 6.45) is 3.97. The minimum atomic E-state index is 0.668. The van der Waals surface area contributed by atoms with Crippen molar-refractivity contribution in [3.05, 3.63) is 72.2 Å². The van der Waals surface area contributed by atoms with Gasteiger partial charge >= 0.3 is 0 Å². The predicted molar refractivity (Wildman–Crippen MR) is 115 cm³/mol. The summed E-state index contributed by atoms with van der Waals surface area (Å²) < 4.78 is 4.33. The van der Waals surface area contributed by atoms with Gasteiger partial charge in [0.1, 0.15) is 6.33 Å². The highest BCUT2D eigenvalue weighted by Gasteiger charge is 2.26. The van der Waals surface area contributed by atoms with Crippen LogP contribution < -0.4 is 4.90 Å². The fourth-order valence-electron chi connectivity index (χ4n) is 4.53. The lowest BCUT2D eigenvalue weighted by molar-refractivity contribution is 0.447. The largest absolute Gasteiger partial charge is 0.371 e. The zero-order chi connectivity index (χ0) is 20.2. The Hall–Kier alpha value is -3.85. The molecule has 2 aromatic carbocycles. The van der Waals surface area contributed by atoms with Crippen molar-refractivity contribution in [1.82, 2.24) is 19.3 Å².